The van der Waals surface area contributed by atoms with Gasteiger partial charge >= 0.3 is 0 Å². The number of piperidine rings is 2. The van der Waals surface area contributed by atoms with Crippen molar-refractivity contribution in [1.82, 2.24) is 10.3 Å². The number of carbonyl (C=O) groups is 1. The summed E-state index contributed by atoms with van der Waals surface area (Å²) >= 11 is 0. The highest BCUT2D eigenvalue weighted by Crippen LogP contribution is 2.40. The first-order chi connectivity index (χ1) is 13.7. The van der Waals surface area contributed by atoms with Crippen molar-refractivity contribution >= 4 is 11.6 Å². The fourth-order valence-corrected chi connectivity index (χ4v) is 4.49. The van der Waals surface area contributed by atoms with Gasteiger partial charge in [0.1, 0.15) is 0 Å². The third-order valence-corrected chi connectivity index (χ3v) is 6.10. The molecule has 0 bridgehead atoms. The summed E-state index contributed by atoms with van der Waals surface area (Å²) < 4.78 is 10.9. The number of aromatic nitrogens is 1. The molecular formula is C21H23N3O4. The molecule has 0 unspecified atom stereocenters. The zero-order chi connectivity index (χ0) is 19.1. The number of aliphatic hydroxyl groups excluding tert-OH is 1. The van der Waals surface area contributed by atoms with Gasteiger partial charge in [0.15, 0.2) is 11.5 Å². The molecule has 2 saturated heterocycles. The Morgan fingerprint density at radius 3 is 3.00 bits per heavy atom. The second-order valence-corrected chi connectivity index (χ2v) is 7.71. The number of hydrogen-bond acceptors (Lipinski definition) is 6. The maximum atomic E-state index is 12.6. The van der Waals surface area contributed by atoms with Crippen LogP contribution >= 0.6 is 0 Å². The lowest BCUT2D eigenvalue weighted by atomic mass is 9.71. The Bertz CT molecular complexity index is 918. The van der Waals surface area contributed by atoms with Crippen LogP contribution in [0.5, 0.6) is 11.5 Å². The molecule has 1 aromatic heterocycles. The van der Waals surface area contributed by atoms with Gasteiger partial charge in [-0.05, 0) is 49.6 Å². The fourth-order valence-electron chi connectivity index (χ4n) is 4.49. The molecule has 0 saturated carbocycles. The third kappa shape index (κ3) is 2.77. The summed E-state index contributed by atoms with van der Waals surface area (Å²) in [5.41, 5.74) is 2.07. The Morgan fingerprint density at radius 1 is 1.21 bits per heavy atom. The van der Waals surface area contributed by atoms with E-state index in [4.69, 9.17) is 9.47 Å². The van der Waals surface area contributed by atoms with E-state index in [1.165, 1.54) is 0 Å². The summed E-state index contributed by atoms with van der Waals surface area (Å²) in [6.07, 6.45) is 3.38. The molecule has 2 fully saturated rings. The molecule has 2 aromatic rings. The summed E-state index contributed by atoms with van der Waals surface area (Å²) in [5, 5.41) is 13.6. The molecule has 5 rings (SSSR count). The van der Waals surface area contributed by atoms with Crippen LogP contribution in [0.2, 0.25) is 0 Å². The van der Waals surface area contributed by atoms with Gasteiger partial charge in [-0.1, -0.05) is 0 Å². The van der Waals surface area contributed by atoms with E-state index in [0.29, 0.717) is 26.1 Å². The van der Waals surface area contributed by atoms with Crippen LogP contribution < -0.4 is 19.7 Å². The third-order valence-electron chi connectivity index (χ3n) is 6.10. The quantitative estimate of drug-likeness (QED) is 0.827. The molecule has 1 aromatic carbocycles. The van der Waals surface area contributed by atoms with Crippen LogP contribution in [0.1, 0.15) is 19.3 Å². The van der Waals surface area contributed by atoms with Gasteiger partial charge in [-0.3, -0.25) is 9.78 Å². The second-order valence-electron chi connectivity index (χ2n) is 7.71. The number of hydrogen-bond donors (Lipinski definition) is 2. The number of fused-ring (bicyclic) bond motifs is 1. The SMILES string of the molecule is O=C1NCCC[C@]12CN(c1ccnc(-c3ccc4c(c3)OCO4)c1)CC[C@@H]2O. The van der Waals surface area contributed by atoms with Crippen molar-refractivity contribution in [2.45, 2.75) is 25.4 Å². The summed E-state index contributed by atoms with van der Waals surface area (Å²) in [5.74, 6) is 1.44. The smallest absolute Gasteiger partial charge is 0.231 e. The van der Waals surface area contributed by atoms with Crippen LogP contribution in [0.4, 0.5) is 5.69 Å². The van der Waals surface area contributed by atoms with Crippen molar-refractivity contribution < 1.29 is 19.4 Å². The Hall–Kier alpha value is -2.80. The highest BCUT2D eigenvalue weighted by Gasteiger charge is 2.49. The van der Waals surface area contributed by atoms with Gasteiger partial charge in [-0.25, -0.2) is 0 Å². The van der Waals surface area contributed by atoms with Gasteiger partial charge in [0.2, 0.25) is 12.7 Å². The van der Waals surface area contributed by atoms with Gasteiger partial charge in [0.05, 0.1) is 17.2 Å². The van der Waals surface area contributed by atoms with Crippen molar-refractivity contribution in [1.29, 1.82) is 0 Å². The molecule has 4 heterocycles. The topological polar surface area (TPSA) is 83.9 Å². The largest absolute Gasteiger partial charge is 0.454 e. The van der Waals surface area contributed by atoms with Gasteiger partial charge in [-0.15, -0.1) is 0 Å². The van der Waals surface area contributed by atoms with E-state index in [1.54, 1.807) is 6.20 Å². The van der Waals surface area contributed by atoms with E-state index in [2.05, 4.69) is 15.2 Å². The van der Waals surface area contributed by atoms with Gasteiger partial charge < -0.3 is 24.8 Å². The van der Waals surface area contributed by atoms with E-state index in [0.717, 1.165) is 41.3 Å². The van der Waals surface area contributed by atoms with Crippen molar-refractivity contribution in [3.8, 4) is 22.8 Å². The zero-order valence-corrected chi connectivity index (χ0v) is 15.6. The molecule has 0 radical (unpaired) electrons. The molecular weight excluding hydrogens is 358 g/mol. The second kappa shape index (κ2) is 6.67. The van der Waals surface area contributed by atoms with Crippen LogP contribution in [-0.4, -0.2) is 48.5 Å². The van der Waals surface area contributed by atoms with Gasteiger partial charge in [-0.2, -0.15) is 0 Å². The maximum absolute atomic E-state index is 12.6. The lowest BCUT2D eigenvalue weighted by Gasteiger charge is -2.47. The predicted molar refractivity (Wildman–Crippen MR) is 103 cm³/mol. The molecule has 0 aliphatic carbocycles. The van der Waals surface area contributed by atoms with E-state index in [-0.39, 0.29) is 12.7 Å². The molecule has 3 aliphatic rings. The minimum Gasteiger partial charge on any atom is -0.454 e. The molecule has 3 aliphatic heterocycles. The van der Waals surface area contributed by atoms with Gasteiger partial charge in [0, 0.05) is 37.1 Å². The Morgan fingerprint density at radius 2 is 2.11 bits per heavy atom. The highest BCUT2D eigenvalue weighted by molar-refractivity contribution is 5.85. The minimum atomic E-state index is -0.724. The van der Waals surface area contributed by atoms with E-state index in [9.17, 15) is 9.90 Å². The Labute approximate surface area is 163 Å². The van der Waals surface area contributed by atoms with Gasteiger partial charge in [0.25, 0.3) is 0 Å². The van der Waals surface area contributed by atoms with Crippen LogP contribution in [-0.2, 0) is 4.79 Å². The Kier molecular flexibility index (Phi) is 4.12. The molecule has 1 spiro atoms. The van der Waals surface area contributed by atoms with Crippen LogP contribution in [0.15, 0.2) is 36.5 Å². The molecule has 1 amide bonds. The molecule has 146 valence electrons. The molecule has 2 atom stereocenters. The summed E-state index contributed by atoms with van der Waals surface area (Å²) in [4.78, 5) is 19.3. The van der Waals surface area contributed by atoms with Crippen molar-refractivity contribution in [2.75, 3.05) is 31.3 Å². The molecule has 2 N–H and O–H groups in total. The van der Waals surface area contributed by atoms with Crippen molar-refractivity contribution in [3.05, 3.63) is 36.5 Å². The maximum Gasteiger partial charge on any atom is 0.231 e. The van der Waals surface area contributed by atoms with Crippen LogP contribution in [0.25, 0.3) is 11.3 Å². The first-order valence-electron chi connectivity index (χ1n) is 9.73. The summed E-state index contributed by atoms with van der Waals surface area (Å²) in [7, 11) is 0. The lowest BCUT2D eigenvalue weighted by molar-refractivity contribution is -0.142. The van der Waals surface area contributed by atoms with Crippen molar-refractivity contribution in [2.24, 2.45) is 5.41 Å². The minimum absolute atomic E-state index is 0.0269. The predicted octanol–water partition coefficient (Wildman–Crippen LogP) is 1.94. The van der Waals surface area contributed by atoms with E-state index in [1.807, 2.05) is 30.3 Å². The summed E-state index contributed by atoms with van der Waals surface area (Å²) in [6.45, 7) is 2.16. The number of aliphatic hydroxyl groups is 1. The number of ether oxygens (including phenoxy) is 2. The normalized spacial score (nSPS) is 26.4. The summed E-state index contributed by atoms with van der Waals surface area (Å²) in [6, 6.07) is 9.79. The van der Waals surface area contributed by atoms with Crippen LogP contribution in [0, 0.1) is 5.41 Å². The van der Waals surface area contributed by atoms with Crippen LogP contribution in [0.3, 0.4) is 0 Å². The number of amides is 1. The average Bonchev–Trinajstić information content (AvgIpc) is 3.20. The number of nitrogens with one attached hydrogen (secondary N) is 1. The molecule has 28 heavy (non-hydrogen) atoms. The number of benzene rings is 1. The first kappa shape index (κ1) is 17.3. The number of carbonyl (C=O) groups excluding carboxylic acids is 1. The monoisotopic (exact) mass is 381 g/mol. The first-order valence-corrected chi connectivity index (χ1v) is 9.73. The zero-order valence-electron chi connectivity index (χ0n) is 15.6. The number of pyridine rings is 1. The lowest BCUT2D eigenvalue weighted by Crippen LogP contribution is -2.61. The number of nitrogens with zero attached hydrogens (tertiary/aromatic N) is 2. The number of rotatable bonds is 2. The number of anilines is 1. The molecule has 7 heteroatoms. The Balaban J connectivity index is 1.44. The average molecular weight is 381 g/mol. The van der Waals surface area contributed by atoms with E-state index >= 15 is 0 Å². The molecule has 7 nitrogen and oxygen atoms in total. The van der Waals surface area contributed by atoms with Crippen molar-refractivity contribution in [3.63, 3.8) is 0 Å². The van der Waals surface area contributed by atoms with E-state index < -0.39 is 11.5 Å². The standard InChI is InChI=1S/C21H23N3O4/c25-19-5-9-24(12-21(19)6-1-7-23-20(21)26)15-4-8-22-16(11-15)14-2-3-17-18(10-14)28-13-27-17/h2-4,8,10-11,19,25H,1,5-7,9,12-13H2,(H,23,26)/t19-,21+/m0/s1. The highest BCUT2D eigenvalue weighted by atomic mass is 16.7. The fraction of sp³-hybridized carbons (Fsp3) is 0.429.